The van der Waals surface area contributed by atoms with Gasteiger partial charge in [0.2, 0.25) is 0 Å². The van der Waals surface area contributed by atoms with Crippen molar-refractivity contribution in [3.63, 3.8) is 0 Å². The third-order valence-electron chi connectivity index (χ3n) is 3.75. The molecule has 0 spiro atoms. The Morgan fingerprint density at radius 3 is 2.89 bits per heavy atom. The number of hydrogen-bond donors (Lipinski definition) is 3. The molecule has 0 saturated carbocycles. The minimum absolute atomic E-state index is 0.0894. The summed E-state index contributed by atoms with van der Waals surface area (Å²) in [6.07, 6.45) is 1.42. The van der Waals surface area contributed by atoms with Gasteiger partial charge < -0.3 is 20.3 Å². The van der Waals surface area contributed by atoms with E-state index in [1.54, 1.807) is 6.07 Å². The minimum atomic E-state index is -0.812. The lowest BCUT2D eigenvalue weighted by atomic mass is 9.80. The van der Waals surface area contributed by atoms with Crippen molar-refractivity contribution >= 4 is 5.97 Å². The van der Waals surface area contributed by atoms with Crippen LogP contribution in [0.3, 0.4) is 0 Å². The summed E-state index contributed by atoms with van der Waals surface area (Å²) >= 11 is 0. The van der Waals surface area contributed by atoms with Gasteiger partial charge in [0.15, 0.2) is 11.5 Å². The van der Waals surface area contributed by atoms with Gasteiger partial charge in [0.1, 0.15) is 0 Å². The van der Waals surface area contributed by atoms with Gasteiger partial charge in [-0.2, -0.15) is 0 Å². The summed E-state index contributed by atoms with van der Waals surface area (Å²) in [5.41, 5.74) is 1.63. The first-order chi connectivity index (χ1) is 8.96. The number of benzene rings is 1. The van der Waals surface area contributed by atoms with Gasteiger partial charge in [-0.3, -0.25) is 4.79 Å². The van der Waals surface area contributed by atoms with E-state index in [-0.39, 0.29) is 12.2 Å². The molecule has 0 fully saturated rings. The van der Waals surface area contributed by atoms with Crippen LogP contribution in [0.1, 0.15) is 30.9 Å². The number of carboxylic acid groups (broad SMARTS) is 1. The molecule has 1 aromatic carbocycles. The molecular weight excluding hydrogens is 246 g/mol. The Bertz CT molecular complexity index is 500. The fraction of sp³-hybridized carbons (Fsp3) is 0.500. The average molecular weight is 265 g/mol. The number of nitrogens with one attached hydrogen (secondary N) is 1. The van der Waals surface area contributed by atoms with Gasteiger partial charge in [0.05, 0.1) is 7.11 Å². The molecule has 0 aliphatic carbocycles. The van der Waals surface area contributed by atoms with Crippen LogP contribution >= 0.6 is 0 Å². The second-order valence-corrected chi connectivity index (χ2v) is 5.08. The lowest BCUT2D eigenvalue weighted by Gasteiger charge is -2.37. The second kappa shape index (κ2) is 5.09. The molecular formula is C14H19NO4. The molecule has 0 amide bonds. The molecule has 1 heterocycles. The van der Waals surface area contributed by atoms with E-state index >= 15 is 0 Å². The van der Waals surface area contributed by atoms with Crippen molar-refractivity contribution in [1.29, 1.82) is 0 Å². The standard InChI is InChI=1S/C14H19NO4/c1-14(5-3-13(17)18)10-8-11(16)12(19-2)7-9(10)4-6-15-14/h7-8,15-16H,3-6H2,1-2H3,(H,17,18). The molecule has 104 valence electrons. The van der Waals surface area contributed by atoms with E-state index in [4.69, 9.17) is 9.84 Å². The highest BCUT2D eigenvalue weighted by atomic mass is 16.5. The van der Waals surface area contributed by atoms with Gasteiger partial charge in [-0.1, -0.05) is 0 Å². The highest BCUT2D eigenvalue weighted by molar-refractivity contribution is 5.67. The highest BCUT2D eigenvalue weighted by Crippen LogP contribution is 2.38. The van der Waals surface area contributed by atoms with Crippen LogP contribution in [0, 0.1) is 0 Å². The van der Waals surface area contributed by atoms with Crippen LogP contribution in [-0.4, -0.2) is 29.8 Å². The normalized spacial score (nSPS) is 21.8. The van der Waals surface area contributed by atoms with Crippen LogP contribution in [0.5, 0.6) is 11.5 Å². The molecule has 5 heteroatoms. The van der Waals surface area contributed by atoms with Gasteiger partial charge in [-0.25, -0.2) is 0 Å². The van der Waals surface area contributed by atoms with Crippen molar-refractivity contribution in [2.24, 2.45) is 0 Å². The maximum absolute atomic E-state index is 10.8. The number of aromatic hydroxyl groups is 1. The number of phenolic OH excluding ortho intramolecular Hbond substituents is 1. The SMILES string of the molecule is COc1cc2c(cc1O)C(C)(CCC(=O)O)NCC2. The van der Waals surface area contributed by atoms with Crippen molar-refractivity contribution in [2.45, 2.75) is 31.7 Å². The van der Waals surface area contributed by atoms with Crippen molar-refractivity contribution in [3.8, 4) is 11.5 Å². The molecule has 0 radical (unpaired) electrons. The van der Waals surface area contributed by atoms with Gasteiger partial charge in [-0.15, -0.1) is 0 Å². The van der Waals surface area contributed by atoms with Crippen molar-refractivity contribution in [3.05, 3.63) is 23.3 Å². The molecule has 3 N–H and O–H groups in total. The van der Waals surface area contributed by atoms with Crippen LogP contribution in [0.2, 0.25) is 0 Å². The molecule has 0 aromatic heterocycles. The van der Waals surface area contributed by atoms with E-state index in [0.29, 0.717) is 12.2 Å². The Balaban J connectivity index is 2.37. The molecule has 1 aliphatic heterocycles. The van der Waals surface area contributed by atoms with E-state index in [9.17, 15) is 9.90 Å². The lowest BCUT2D eigenvalue weighted by molar-refractivity contribution is -0.137. The minimum Gasteiger partial charge on any atom is -0.504 e. The number of carboxylic acids is 1. The fourth-order valence-corrected chi connectivity index (χ4v) is 2.64. The van der Waals surface area contributed by atoms with Gasteiger partial charge in [0, 0.05) is 18.5 Å². The number of phenols is 1. The highest BCUT2D eigenvalue weighted by Gasteiger charge is 2.33. The monoisotopic (exact) mass is 265 g/mol. The Labute approximate surface area is 112 Å². The summed E-state index contributed by atoms with van der Waals surface area (Å²) in [6.45, 7) is 2.76. The Morgan fingerprint density at radius 1 is 1.53 bits per heavy atom. The number of rotatable bonds is 4. The van der Waals surface area contributed by atoms with Crippen molar-refractivity contribution in [1.82, 2.24) is 5.32 Å². The van der Waals surface area contributed by atoms with Gasteiger partial charge in [0.25, 0.3) is 0 Å². The molecule has 0 bridgehead atoms. The predicted molar refractivity (Wildman–Crippen MR) is 70.6 cm³/mol. The third-order valence-corrected chi connectivity index (χ3v) is 3.75. The van der Waals surface area contributed by atoms with Gasteiger partial charge >= 0.3 is 5.97 Å². The first-order valence-electron chi connectivity index (χ1n) is 6.33. The number of hydrogen-bond acceptors (Lipinski definition) is 4. The number of fused-ring (bicyclic) bond motifs is 1. The Kier molecular flexibility index (Phi) is 3.66. The fourth-order valence-electron chi connectivity index (χ4n) is 2.64. The smallest absolute Gasteiger partial charge is 0.303 e. The van der Waals surface area contributed by atoms with E-state index in [1.807, 2.05) is 13.0 Å². The van der Waals surface area contributed by atoms with Crippen LogP contribution in [-0.2, 0) is 16.8 Å². The summed E-state index contributed by atoms with van der Waals surface area (Å²) in [4.78, 5) is 10.8. The van der Waals surface area contributed by atoms with E-state index in [1.165, 1.54) is 7.11 Å². The van der Waals surface area contributed by atoms with Crippen LogP contribution in [0.4, 0.5) is 0 Å². The zero-order valence-corrected chi connectivity index (χ0v) is 11.2. The number of methoxy groups -OCH3 is 1. The lowest BCUT2D eigenvalue weighted by Crippen LogP contribution is -2.45. The topological polar surface area (TPSA) is 78.8 Å². The van der Waals surface area contributed by atoms with Crippen LogP contribution in [0.15, 0.2) is 12.1 Å². The average Bonchev–Trinajstić information content (AvgIpc) is 2.37. The summed E-state index contributed by atoms with van der Waals surface area (Å²) in [6, 6.07) is 3.52. The second-order valence-electron chi connectivity index (χ2n) is 5.08. The first kappa shape index (κ1) is 13.7. The zero-order valence-electron chi connectivity index (χ0n) is 11.2. The maximum atomic E-state index is 10.8. The van der Waals surface area contributed by atoms with Crippen LogP contribution < -0.4 is 10.1 Å². The number of carbonyl (C=O) groups is 1. The first-order valence-corrected chi connectivity index (χ1v) is 6.33. The zero-order chi connectivity index (χ0) is 14.0. The van der Waals surface area contributed by atoms with E-state index < -0.39 is 11.5 Å². The maximum Gasteiger partial charge on any atom is 0.303 e. The quantitative estimate of drug-likeness (QED) is 0.771. The van der Waals surface area contributed by atoms with E-state index in [0.717, 1.165) is 24.1 Å². The van der Waals surface area contributed by atoms with Gasteiger partial charge in [-0.05, 0) is 43.0 Å². The number of ether oxygens (including phenoxy) is 1. The molecule has 2 rings (SSSR count). The molecule has 1 aromatic rings. The summed E-state index contributed by atoms with van der Waals surface area (Å²) in [5.74, 6) is -0.263. The van der Waals surface area contributed by atoms with Crippen LogP contribution in [0.25, 0.3) is 0 Å². The molecule has 1 atom stereocenters. The van der Waals surface area contributed by atoms with E-state index in [2.05, 4.69) is 5.32 Å². The predicted octanol–water partition coefficient (Wildman–Crippen LogP) is 1.63. The van der Waals surface area contributed by atoms with Crippen molar-refractivity contribution in [2.75, 3.05) is 13.7 Å². The molecule has 19 heavy (non-hydrogen) atoms. The summed E-state index contributed by atoms with van der Waals surface area (Å²) in [7, 11) is 1.52. The molecule has 5 nitrogen and oxygen atoms in total. The largest absolute Gasteiger partial charge is 0.504 e. The Hall–Kier alpha value is -1.75. The number of aliphatic carboxylic acids is 1. The molecule has 1 aliphatic rings. The van der Waals surface area contributed by atoms with Crippen molar-refractivity contribution < 1.29 is 19.7 Å². The summed E-state index contributed by atoms with van der Waals surface area (Å²) in [5, 5.41) is 22.1. The molecule has 1 unspecified atom stereocenters. The third kappa shape index (κ3) is 2.66. The Morgan fingerprint density at radius 2 is 2.26 bits per heavy atom. The summed E-state index contributed by atoms with van der Waals surface area (Å²) < 4.78 is 5.11. The molecule has 0 saturated heterocycles.